The molecule has 0 N–H and O–H groups in total. The first-order valence-corrected chi connectivity index (χ1v) is 5.90. The molecule has 2 atom stereocenters. The normalized spacial score (nSPS) is 23.6. The van der Waals surface area contributed by atoms with Gasteiger partial charge in [-0.15, -0.1) is 0 Å². The van der Waals surface area contributed by atoms with Crippen LogP contribution in [0.3, 0.4) is 0 Å². The van der Waals surface area contributed by atoms with Crippen LogP contribution in [0.15, 0.2) is 24.3 Å². The Kier molecular flexibility index (Phi) is 3.28. The summed E-state index contributed by atoms with van der Waals surface area (Å²) in [4.78, 5) is 11.1. The predicted molar refractivity (Wildman–Crippen MR) is 63.8 cm³/mol. The fraction of sp³-hybridized carbons (Fsp3) is 0.500. The lowest BCUT2D eigenvalue weighted by Gasteiger charge is -2.33. The van der Waals surface area contributed by atoms with Crippen molar-refractivity contribution >= 4 is 5.78 Å². The Hall–Kier alpha value is -1.31. The molecule has 16 heavy (non-hydrogen) atoms. The summed E-state index contributed by atoms with van der Waals surface area (Å²) in [5.74, 6) is 2.48. The number of carbonyl (C=O) groups is 1. The standard InChI is InChI=1S/C14H18O2/c1-10-3-4-13(10)9-16-14-7-5-12(6-8-14)11(2)15/h5-8,10,13H,3-4,9H2,1-2H3/t10-,13+/m1/s1. The van der Waals surface area contributed by atoms with E-state index in [1.165, 1.54) is 12.8 Å². The van der Waals surface area contributed by atoms with Gasteiger partial charge in [-0.25, -0.2) is 0 Å². The van der Waals surface area contributed by atoms with Crippen molar-refractivity contribution in [1.82, 2.24) is 0 Å². The zero-order chi connectivity index (χ0) is 11.5. The second-order valence-electron chi connectivity index (χ2n) is 4.71. The van der Waals surface area contributed by atoms with Gasteiger partial charge < -0.3 is 4.74 Å². The summed E-state index contributed by atoms with van der Waals surface area (Å²) in [6.07, 6.45) is 2.62. The van der Waals surface area contributed by atoms with Crippen LogP contribution in [-0.4, -0.2) is 12.4 Å². The third kappa shape index (κ3) is 2.43. The molecule has 0 aliphatic heterocycles. The Morgan fingerprint density at radius 1 is 1.31 bits per heavy atom. The number of carbonyl (C=O) groups excluding carboxylic acids is 1. The molecule has 1 aliphatic carbocycles. The third-order valence-corrected chi connectivity index (χ3v) is 3.52. The highest BCUT2D eigenvalue weighted by Gasteiger charge is 2.26. The topological polar surface area (TPSA) is 26.3 Å². The summed E-state index contributed by atoms with van der Waals surface area (Å²) in [6, 6.07) is 7.39. The van der Waals surface area contributed by atoms with E-state index in [0.717, 1.165) is 23.8 Å². The van der Waals surface area contributed by atoms with Gasteiger partial charge in [0.15, 0.2) is 5.78 Å². The van der Waals surface area contributed by atoms with E-state index in [1.807, 2.05) is 24.3 Å². The molecule has 0 bridgehead atoms. The van der Waals surface area contributed by atoms with E-state index in [1.54, 1.807) is 6.92 Å². The first kappa shape index (κ1) is 11.2. The van der Waals surface area contributed by atoms with Gasteiger partial charge in [-0.05, 0) is 55.9 Å². The third-order valence-electron chi connectivity index (χ3n) is 3.52. The Balaban J connectivity index is 1.87. The molecule has 0 radical (unpaired) electrons. The second-order valence-corrected chi connectivity index (χ2v) is 4.71. The van der Waals surface area contributed by atoms with E-state index in [-0.39, 0.29) is 5.78 Å². The molecule has 2 nitrogen and oxygen atoms in total. The van der Waals surface area contributed by atoms with Crippen LogP contribution in [0, 0.1) is 11.8 Å². The molecule has 1 saturated carbocycles. The highest BCUT2D eigenvalue weighted by atomic mass is 16.5. The minimum atomic E-state index is 0.0964. The minimum absolute atomic E-state index is 0.0964. The summed E-state index contributed by atoms with van der Waals surface area (Å²) >= 11 is 0. The van der Waals surface area contributed by atoms with E-state index < -0.39 is 0 Å². The van der Waals surface area contributed by atoms with Crippen molar-refractivity contribution in [2.75, 3.05) is 6.61 Å². The van der Waals surface area contributed by atoms with Crippen LogP contribution in [-0.2, 0) is 0 Å². The predicted octanol–water partition coefficient (Wildman–Crippen LogP) is 3.31. The van der Waals surface area contributed by atoms with Crippen molar-refractivity contribution in [2.24, 2.45) is 11.8 Å². The van der Waals surface area contributed by atoms with E-state index in [2.05, 4.69) is 6.92 Å². The number of Topliss-reactive ketones (excluding diaryl/α,β-unsaturated/α-hetero) is 1. The van der Waals surface area contributed by atoms with Crippen LogP contribution in [0.2, 0.25) is 0 Å². The fourth-order valence-corrected chi connectivity index (χ4v) is 1.97. The molecule has 0 spiro atoms. The highest BCUT2D eigenvalue weighted by molar-refractivity contribution is 5.94. The lowest BCUT2D eigenvalue weighted by atomic mass is 9.75. The van der Waals surface area contributed by atoms with Gasteiger partial charge >= 0.3 is 0 Å². The lowest BCUT2D eigenvalue weighted by Crippen LogP contribution is -2.28. The Bertz CT molecular complexity index is 367. The Morgan fingerprint density at radius 2 is 2.00 bits per heavy atom. The molecule has 1 aliphatic rings. The molecular formula is C14H18O2. The molecule has 0 saturated heterocycles. The number of rotatable bonds is 4. The summed E-state index contributed by atoms with van der Waals surface area (Å²) in [5, 5.41) is 0. The number of benzene rings is 1. The monoisotopic (exact) mass is 218 g/mol. The molecule has 2 rings (SSSR count). The van der Waals surface area contributed by atoms with E-state index in [4.69, 9.17) is 4.74 Å². The molecule has 0 unspecified atom stereocenters. The maximum Gasteiger partial charge on any atom is 0.159 e. The highest BCUT2D eigenvalue weighted by Crippen LogP contribution is 2.33. The van der Waals surface area contributed by atoms with Crippen molar-refractivity contribution in [1.29, 1.82) is 0 Å². The van der Waals surface area contributed by atoms with Gasteiger partial charge in [0.2, 0.25) is 0 Å². The quantitative estimate of drug-likeness (QED) is 0.725. The first-order valence-electron chi connectivity index (χ1n) is 5.90. The van der Waals surface area contributed by atoms with Crippen molar-refractivity contribution in [2.45, 2.75) is 26.7 Å². The first-order chi connectivity index (χ1) is 7.66. The summed E-state index contributed by atoms with van der Waals surface area (Å²) in [5.41, 5.74) is 0.740. The van der Waals surface area contributed by atoms with Crippen LogP contribution < -0.4 is 4.74 Å². The second kappa shape index (κ2) is 4.69. The van der Waals surface area contributed by atoms with E-state index >= 15 is 0 Å². The van der Waals surface area contributed by atoms with Crippen LogP contribution >= 0.6 is 0 Å². The van der Waals surface area contributed by atoms with Crippen LogP contribution in [0.4, 0.5) is 0 Å². The Morgan fingerprint density at radius 3 is 2.44 bits per heavy atom. The largest absolute Gasteiger partial charge is 0.493 e. The van der Waals surface area contributed by atoms with Crippen LogP contribution in [0.5, 0.6) is 5.75 Å². The fourth-order valence-electron chi connectivity index (χ4n) is 1.97. The zero-order valence-electron chi connectivity index (χ0n) is 9.90. The molecule has 86 valence electrons. The Labute approximate surface area is 96.6 Å². The van der Waals surface area contributed by atoms with Crippen LogP contribution in [0.25, 0.3) is 0 Å². The molecule has 1 fully saturated rings. The van der Waals surface area contributed by atoms with Gasteiger partial charge in [0.1, 0.15) is 5.75 Å². The summed E-state index contributed by atoms with van der Waals surface area (Å²) in [6.45, 7) is 4.66. The van der Waals surface area contributed by atoms with Crippen molar-refractivity contribution < 1.29 is 9.53 Å². The van der Waals surface area contributed by atoms with Crippen LogP contribution in [0.1, 0.15) is 37.0 Å². The molecular weight excluding hydrogens is 200 g/mol. The zero-order valence-corrected chi connectivity index (χ0v) is 9.90. The smallest absolute Gasteiger partial charge is 0.159 e. The number of ether oxygens (including phenoxy) is 1. The number of hydrogen-bond donors (Lipinski definition) is 0. The maximum absolute atomic E-state index is 11.1. The summed E-state index contributed by atoms with van der Waals surface area (Å²) < 4.78 is 5.70. The van der Waals surface area contributed by atoms with E-state index in [0.29, 0.717) is 5.92 Å². The molecule has 1 aromatic rings. The molecule has 0 aromatic heterocycles. The SMILES string of the molecule is CC(=O)c1ccc(OC[C@@H]2CC[C@H]2C)cc1. The van der Waals surface area contributed by atoms with Crippen molar-refractivity contribution in [3.63, 3.8) is 0 Å². The van der Waals surface area contributed by atoms with Gasteiger partial charge in [-0.2, -0.15) is 0 Å². The lowest BCUT2D eigenvalue weighted by molar-refractivity contribution is 0.101. The van der Waals surface area contributed by atoms with Gasteiger partial charge in [-0.3, -0.25) is 4.79 Å². The van der Waals surface area contributed by atoms with Gasteiger partial charge in [0, 0.05) is 5.56 Å². The van der Waals surface area contributed by atoms with E-state index in [9.17, 15) is 4.79 Å². The maximum atomic E-state index is 11.1. The molecule has 2 heteroatoms. The average molecular weight is 218 g/mol. The molecule has 0 amide bonds. The summed E-state index contributed by atoms with van der Waals surface area (Å²) in [7, 11) is 0. The number of hydrogen-bond acceptors (Lipinski definition) is 2. The minimum Gasteiger partial charge on any atom is -0.493 e. The average Bonchev–Trinajstić information content (AvgIpc) is 2.28. The van der Waals surface area contributed by atoms with Gasteiger partial charge in [0.05, 0.1) is 6.61 Å². The molecule has 1 aromatic carbocycles. The van der Waals surface area contributed by atoms with Gasteiger partial charge in [-0.1, -0.05) is 6.92 Å². The van der Waals surface area contributed by atoms with Crippen molar-refractivity contribution in [3.05, 3.63) is 29.8 Å². The number of ketones is 1. The van der Waals surface area contributed by atoms with Gasteiger partial charge in [0.25, 0.3) is 0 Å². The molecule has 0 heterocycles. The van der Waals surface area contributed by atoms with Crippen molar-refractivity contribution in [3.8, 4) is 5.75 Å².